The van der Waals surface area contributed by atoms with Gasteiger partial charge >= 0.3 is 0 Å². The van der Waals surface area contributed by atoms with Crippen LogP contribution in [0.15, 0.2) is 66.3 Å². The largest absolute Gasteiger partial charge is 0.338 e. The molecule has 0 spiro atoms. The molecule has 0 unspecified atom stereocenters. The number of benzene rings is 1. The predicted molar refractivity (Wildman–Crippen MR) is 106 cm³/mol. The summed E-state index contributed by atoms with van der Waals surface area (Å²) in [6, 6.07) is 16.2. The van der Waals surface area contributed by atoms with Gasteiger partial charge in [0.05, 0.1) is 0 Å². The summed E-state index contributed by atoms with van der Waals surface area (Å²) in [6.07, 6.45) is 5.04. The van der Waals surface area contributed by atoms with Gasteiger partial charge in [0.1, 0.15) is 0 Å². The van der Waals surface area contributed by atoms with E-state index in [2.05, 4.69) is 17.5 Å². The summed E-state index contributed by atoms with van der Waals surface area (Å²) in [7, 11) is 0. The summed E-state index contributed by atoms with van der Waals surface area (Å²) in [4.78, 5) is 16.3. The fourth-order valence-corrected chi connectivity index (χ4v) is 5.38. The van der Waals surface area contributed by atoms with Crippen LogP contribution < -0.4 is 0 Å². The Morgan fingerprint density at radius 3 is 2.52 bits per heavy atom. The predicted octanol–water partition coefficient (Wildman–Crippen LogP) is 4.86. The first kappa shape index (κ1) is 16.5. The second-order valence-electron chi connectivity index (χ2n) is 6.09. The smallest absolute Gasteiger partial charge is 0.253 e. The van der Waals surface area contributed by atoms with E-state index in [1.807, 2.05) is 81.4 Å². The fraction of sp³-hybridized carbons (Fsp3) is 0.250. The highest BCUT2D eigenvalue weighted by Crippen LogP contribution is 2.36. The molecule has 0 N–H and O–H groups in total. The summed E-state index contributed by atoms with van der Waals surface area (Å²) in [5.74, 6) is 1.14. The standard InChI is InChI=1S/C20H20N2OS2/c23-20(16-5-7-17(8-6-16)21-10-1-2-11-21)22-12-9-19(25-15-13-22)18-4-3-14-24-18/h1-8,10-11,14,19H,9,12-13,15H2/t19-/m1/s1. The minimum absolute atomic E-state index is 0.145. The molecular formula is C20H20N2OS2. The number of thiophene rings is 1. The molecule has 128 valence electrons. The molecule has 1 aliphatic heterocycles. The SMILES string of the molecule is O=C(c1ccc(-n2cccc2)cc1)N1CCS[C@@H](c2cccs2)CC1. The Bertz CT molecular complexity index is 810. The summed E-state index contributed by atoms with van der Waals surface area (Å²) < 4.78 is 2.04. The van der Waals surface area contributed by atoms with Gasteiger partial charge in [0.15, 0.2) is 0 Å². The average molecular weight is 369 g/mol. The molecule has 1 fully saturated rings. The number of aromatic nitrogens is 1. The first-order chi connectivity index (χ1) is 12.3. The third-order valence-electron chi connectivity index (χ3n) is 4.51. The van der Waals surface area contributed by atoms with E-state index < -0.39 is 0 Å². The highest BCUT2D eigenvalue weighted by Gasteiger charge is 2.23. The molecule has 25 heavy (non-hydrogen) atoms. The summed E-state index contributed by atoms with van der Waals surface area (Å²) in [5, 5.41) is 2.66. The van der Waals surface area contributed by atoms with Gasteiger partial charge in [-0.3, -0.25) is 4.79 Å². The van der Waals surface area contributed by atoms with Crippen LogP contribution in [0.1, 0.15) is 26.9 Å². The van der Waals surface area contributed by atoms with Crippen molar-refractivity contribution in [3.8, 4) is 5.69 Å². The number of hydrogen-bond donors (Lipinski definition) is 0. The highest BCUT2D eigenvalue weighted by atomic mass is 32.2. The van der Waals surface area contributed by atoms with Gasteiger partial charge in [-0.1, -0.05) is 6.07 Å². The van der Waals surface area contributed by atoms with Gasteiger partial charge in [-0.25, -0.2) is 0 Å². The molecule has 0 saturated carbocycles. The molecule has 1 amide bonds. The molecule has 1 aliphatic rings. The van der Waals surface area contributed by atoms with E-state index in [1.165, 1.54) is 4.88 Å². The van der Waals surface area contributed by atoms with Crippen LogP contribution in [-0.2, 0) is 0 Å². The van der Waals surface area contributed by atoms with Gasteiger partial charge in [0, 0.05) is 52.6 Å². The Kier molecular flexibility index (Phi) is 4.95. The molecule has 5 heteroatoms. The van der Waals surface area contributed by atoms with Crippen LogP contribution in [0.3, 0.4) is 0 Å². The van der Waals surface area contributed by atoms with Crippen molar-refractivity contribution < 1.29 is 4.79 Å². The minimum atomic E-state index is 0.145. The van der Waals surface area contributed by atoms with E-state index in [0.717, 1.165) is 36.5 Å². The average Bonchev–Trinajstić information content (AvgIpc) is 3.32. The van der Waals surface area contributed by atoms with Crippen molar-refractivity contribution in [2.45, 2.75) is 11.7 Å². The first-order valence-electron chi connectivity index (χ1n) is 8.49. The van der Waals surface area contributed by atoms with Crippen LogP contribution in [0.5, 0.6) is 0 Å². The lowest BCUT2D eigenvalue weighted by Crippen LogP contribution is -2.32. The van der Waals surface area contributed by atoms with Crippen LogP contribution in [-0.4, -0.2) is 34.2 Å². The molecule has 0 bridgehead atoms. The topological polar surface area (TPSA) is 25.2 Å². The number of hydrogen-bond acceptors (Lipinski definition) is 3. The Balaban J connectivity index is 1.44. The molecule has 1 aromatic carbocycles. The Morgan fingerprint density at radius 1 is 1.00 bits per heavy atom. The Hall–Kier alpha value is -1.98. The third kappa shape index (κ3) is 3.67. The maximum absolute atomic E-state index is 12.9. The van der Waals surface area contributed by atoms with Crippen molar-refractivity contribution in [3.05, 3.63) is 76.7 Å². The zero-order valence-electron chi connectivity index (χ0n) is 13.9. The van der Waals surface area contributed by atoms with Gasteiger partial charge < -0.3 is 9.47 Å². The van der Waals surface area contributed by atoms with Crippen molar-refractivity contribution >= 4 is 29.0 Å². The van der Waals surface area contributed by atoms with Gasteiger partial charge in [-0.15, -0.1) is 11.3 Å². The maximum Gasteiger partial charge on any atom is 0.253 e. The summed E-state index contributed by atoms with van der Waals surface area (Å²) in [5.41, 5.74) is 1.85. The van der Waals surface area contributed by atoms with Crippen LogP contribution in [0, 0.1) is 0 Å². The second-order valence-corrected chi connectivity index (χ2v) is 8.38. The number of amides is 1. The van der Waals surface area contributed by atoms with Crippen molar-refractivity contribution in [2.24, 2.45) is 0 Å². The molecule has 3 heterocycles. The van der Waals surface area contributed by atoms with E-state index in [4.69, 9.17) is 0 Å². The van der Waals surface area contributed by atoms with E-state index in [1.54, 1.807) is 0 Å². The van der Waals surface area contributed by atoms with Crippen LogP contribution in [0.4, 0.5) is 0 Å². The molecule has 1 atom stereocenters. The van der Waals surface area contributed by atoms with Crippen molar-refractivity contribution in [3.63, 3.8) is 0 Å². The van der Waals surface area contributed by atoms with Crippen molar-refractivity contribution in [1.29, 1.82) is 0 Å². The van der Waals surface area contributed by atoms with E-state index >= 15 is 0 Å². The first-order valence-corrected chi connectivity index (χ1v) is 10.4. The van der Waals surface area contributed by atoms with Crippen LogP contribution in [0.2, 0.25) is 0 Å². The quantitative estimate of drug-likeness (QED) is 0.660. The van der Waals surface area contributed by atoms with Crippen LogP contribution >= 0.6 is 23.1 Å². The number of carbonyl (C=O) groups is 1. The lowest BCUT2D eigenvalue weighted by Gasteiger charge is -2.20. The molecule has 1 saturated heterocycles. The van der Waals surface area contributed by atoms with Crippen LogP contribution in [0.25, 0.3) is 5.69 Å². The molecule has 0 radical (unpaired) electrons. The van der Waals surface area contributed by atoms with Gasteiger partial charge in [-0.05, 0) is 54.3 Å². The molecule has 4 rings (SSSR count). The van der Waals surface area contributed by atoms with E-state index in [0.29, 0.717) is 5.25 Å². The Morgan fingerprint density at radius 2 is 1.80 bits per heavy atom. The van der Waals surface area contributed by atoms with Gasteiger partial charge in [-0.2, -0.15) is 11.8 Å². The van der Waals surface area contributed by atoms with E-state index in [-0.39, 0.29) is 5.91 Å². The number of thioether (sulfide) groups is 1. The molecule has 3 nitrogen and oxygen atoms in total. The van der Waals surface area contributed by atoms with Crippen molar-refractivity contribution in [2.75, 3.05) is 18.8 Å². The summed E-state index contributed by atoms with van der Waals surface area (Å²) in [6.45, 7) is 1.65. The fourth-order valence-electron chi connectivity index (χ4n) is 3.14. The number of carbonyl (C=O) groups excluding carboxylic acids is 1. The minimum Gasteiger partial charge on any atom is -0.338 e. The molecular weight excluding hydrogens is 348 g/mol. The van der Waals surface area contributed by atoms with Crippen molar-refractivity contribution in [1.82, 2.24) is 9.47 Å². The second kappa shape index (κ2) is 7.50. The third-order valence-corrected chi connectivity index (χ3v) is 6.95. The monoisotopic (exact) mass is 368 g/mol. The number of rotatable bonds is 3. The zero-order valence-corrected chi connectivity index (χ0v) is 15.5. The summed E-state index contributed by atoms with van der Waals surface area (Å²) >= 11 is 3.79. The Labute approximate surface area is 156 Å². The maximum atomic E-state index is 12.9. The van der Waals surface area contributed by atoms with E-state index in [9.17, 15) is 4.79 Å². The molecule has 0 aliphatic carbocycles. The molecule has 2 aromatic heterocycles. The van der Waals surface area contributed by atoms with Gasteiger partial charge in [0.25, 0.3) is 5.91 Å². The molecule has 3 aromatic rings. The highest BCUT2D eigenvalue weighted by molar-refractivity contribution is 7.99. The zero-order chi connectivity index (χ0) is 17.1. The lowest BCUT2D eigenvalue weighted by molar-refractivity contribution is 0.0766. The lowest BCUT2D eigenvalue weighted by atomic mass is 10.1. The van der Waals surface area contributed by atoms with Gasteiger partial charge in [0.2, 0.25) is 0 Å². The normalized spacial score (nSPS) is 18.1. The number of nitrogens with zero attached hydrogens (tertiary/aromatic N) is 2.